The lowest BCUT2D eigenvalue weighted by molar-refractivity contribution is -0.137. The molecule has 1 atom stereocenters. The van der Waals surface area contributed by atoms with Gasteiger partial charge in [-0.25, -0.2) is 0 Å². The number of rotatable bonds is 4. The van der Waals surface area contributed by atoms with Gasteiger partial charge in [-0.1, -0.05) is 18.2 Å². The number of benzene rings is 2. The zero-order chi connectivity index (χ0) is 20.4. The van der Waals surface area contributed by atoms with Gasteiger partial charge in [0.05, 0.1) is 17.8 Å². The van der Waals surface area contributed by atoms with Crippen LogP contribution in [0.15, 0.2) is 42.5 Å². The summed E-state index contributed by atoms with van der Waals surface area (Å²) in [6.45, 7) is 1.73. The van der Waals surface area contributed by atoms with Crippen molar-refractivity contribution >= 4 is 11.6 Å². The van der Waals surface area contributed by atoms with Crippen LogP contribution in [-0.4, -0.2) is 37.1 Å². The summed E-state index contributed by atoms with van der Waals surface area (Å²) in [6.07, 6.45) is -2.75. The molecule has 154 valence electrons. The summed E-state index contributed by atoms with van der Waals surface area (Å²) in [5.74, 6) is 0.918. The highest BCUT2D eigenvalue weighted by Crippen LogP contribution is 2.38. The minimum atomic E-state index is -4.52. The second-order valence-electron chi connectivity index (χ2n) is 7.12. The molecule has 1 fully saturated rings. The van der Waals surface area contributed by atoms with Gasteiger partial charge in [-0.15, -0.1) is 0 Å². The number of nitrogens with zero attached hydrogens (tertiary/aromatic N) is 1. The highest BCUT2D eigenvalue weighted by atomic mass is 19.4. The number of fused-ring (bicyclic) bond motifs is 1. The van der Waals surface area contributed by atoms with Crippen molar-refractivity contribution in [1.82, 2.24) is 4.90 Å². The minimum Gasteiger partial charge on any atom is -0.486 e. The summed E-state index contributed by atoms with van der Waals surface area (Å²) < 4.78 is 50.6. The molecule has 0 saturated carbocycles. The Kier molecular flexibility index (Phi) is 5.36. The van der Waals surface area contributed by atoms with Gasteiger partial charge in [0.2, 0.25) is 5.91 Å². The summed E-state index contributed by atoms with van der Waals surface area (Å²) >= 11 is 0. The Bertz CT molecular complexity index is 901. The minimum absolute atomic E-state index is 0.00874. The SMILES string of the molecule is O=C(CN1CCC[C@@H]1c1ccc2c(c1)OCCO2)Nc1ccccc1C(F)(F)F. The van der Waals surface area contributed by atoms with Crippen LogP contribution in [0.3, 0.4) is 0 Å². The second kappa shape index (κ2) is 7.94. The largest absolute Gasteiger partial charge is 0.486 e. The van der Waals surface area contributed by atoms with Gasteiger partial charge in [-0.05, 0) is 49.2 Å². The number of hydrogen-bond acceptors (Lipinski definition) is 4. The number of hydrogen-bond donors (Lipinski definition) is 1. The molecule has 0 aromatic heterocycles. The average Bonchev–Trinajstić information content (AvgIpc) is 3.15. The van der Waals surface area contributed by atoms with Crippen LogP contribution in [0.25, 0.3) is 0 Å². The third-order valence-electron chi connectivity index (χ3n) is 5.17. The number of anilines is 1. The van der Waals surface area contributed by atoms with Gasteiger partial charge >= 0.3 is 6.18 Å². The number of likely N-dealkylation sites (tertiary alicyclic amines) is 1. The smallest absolute Gasteiger partial charge is 0.418 e. The Morgan fingerprint density at radius 2 is 1.86 bits per heavy atom. The van der Waals surface area contributed by atoms with Crippen LogP contribution in [0.2, 0.25) is 0 Å². The van der Waals surface area contributed by atoms with Gasteiger partial charge in [0.25, 0.3) is 0 Å². The van der Waals surface area contributed by atoms with Crippen LogP contribution in [-0.2, 0) is 11.0 Å². The molecule has 4 rings (SSSR count). The molecule has 0 aliphatic carbocycles. The summed E-state index contributed by atoms with van der Waals surface area (Å²) in [5.41, 5.74) is -0.0616. The van der Waals surface area contributed by atoms with E-state index in [1.54, 1.807) is 0 Å². The molecule has 2 heterocycles. The topological polar surface area (TPSA) is 50.8 Å². The fourth-order valence-corrected chi connectivity index (χ4v) is 3.87. The van der Waals surface area contributed by atoms with Crippen LogP contribution in [0, 0.1) is 0 Å². The molecule has 2 aromatic rings. The number of para-hydroxylation sites is 1. The second-order valence-corrected chi connectivity index (χ2v) is 7.12. The van der Waals surface area contributed by atoms with E-state index >= 15 is 0 Å². The van der Waals surface area contributed by atoms with E-state index in [1.165, 1.54) is 18.2 Å². The quantitative estimate of drug-likeness (QED) is 0.825. The fraction of sp³-hybridized carbons (Fsp3) is 0.381. The first kappa shape index (κ1) is 19.6. The summed E-state index contributed by atoms with van der Waals surface area (Å²) in [5, 5.41) is 2.42. The third kappa shape index (κ3) is 4.32. The van der Waals surface area contributed by atoms with Gasteiger partial charge in [0, 0.05) is 6.04 Å². The van der Waals surface area contributed by atoms with E-state index in [0.717, 1.165) is 24.5 Å². The highest BCUT2D eigenvalue weighted by molar-refractivity contribution is 5.93. The van der Waals surface area contributed by atoms with Crippen molar-refractivity contribution in [2.75, 3.05) is 31.6 Å². The maximum atomic E-state index is 13.1. The molecule has 8 heteroatoms. The average molecular weight is 406 g/mol. The van der Waals surface area contributed by atoms with Crippen molar-refractivity contribution in [3.8, 4) is 11.5 Å². The number of carbonyl (C=O) groups is 1. The molecule has 0 unspecified atom stereocenters. The first-order valence-electron chi connectivity index (χ1n) is 9.51. The molecule has 0 spiro atoms. The zero-order valence-electron chi connectivity index (χ0n) is 15.7. The molecular formula is C21H21F3N2O3. The van der Waals surface area contributed by atoms with Gasteiger partial charge in [-0.2, -0.15) is 13.2 Å². The summed E-state index contributed by atoms with van der Waals surface area (Å²) in [6, 6.07) is 10.7. The molecule has 2 aliphatic rings. The Balaban J connectivity index is 1.46. The molecule has 0 bridgehead atoms. The number of nitrogens with one attached hydrogen (secondary N) is 1. The van der Waals surface area contributed by atoms with Crippen molar-refractivity contribution in [1.29, 1.82) is 0 Å². The van der Waals surface area contributed by atoms with E-state index in [4.69, 9.17) is 9.47 Å². The summed E-state index contributed by atoms with van der Waals surface area (Å²) in [4.78, 5) is 14.5. The number of ether oxygens (including phenoxy) is 2. The Morgan fingerprint density at radius 3 is 2.66 bits per heavy atom. The number of halogens is 3. The lowest BCUT2D eigenvalue weighted by atomic mass is 10.0. The molecular weight excluding hydrogens is 385 g/mol. The van der Waals surface area contributed by atoms with Crippen LogP contribution in [0.1, 0.15) is 30.0 Å². The van der Waals surface area contributed by atoms with E-state index < -0.39 is 17.6 Å². The third-order valence-corrected chi connectivity index (χ3v) is 5.17. The first-order chi connectivity index (χ1) is 13.9. The molecule has 5 nitrogen and oxygen atoms in total. The lowest BCUT2D eigenvalue weighted by Gasteiger charge is -2.26. The van der Waals surface area contributed by atoms with Crippen molar-refractivity contribution < 1.29 is 27.4 Å². The molecule has 1 amide bonds. The fourth-order valence-electron chi connectivity index (χ4n) is 3.87. The number of amides is 1. The Labute approximate surface area is 166 Å². The number of alkyl halides is 3. The van der Waals surface area contributed by atoms with Crippen LogP contribution in [0.5, 0.6) is 11.5 Å². The molecule has 0 radical (unpaired) electrons. The Morgan fingerprint density at radius 1 is 1.10 bits per heavy atom. The van der Waals surface area contributed by atoms with Crippen LogP contribution < -0.4 is 14.8 Å². The van der Waals surface area contributed by atoms with E-state index in [2.05, 4.69) is 5.32 Å². The predicted molar refractivity (Wildman–Crippen MR) is 101 cm³/mol. The molecule has 1 saturated heterocycles. The standard InChI is InChI=1S/C21H21F3N2O3/c22-21(23,24)15-4-1-2-5-16(15)25-20(27)13-26-9-3-6-17(26)14-7-8-18-19(12-14)29-11-10-28-18/h1-2,4-5,7-8,12,17H,3,6,9-11,13H2,(H,25,27)/t17-/m1/s1. The maximum Gasteiger partial charge on any atom is 0.418 e. The van der Waals surface area contributed by atoms with E-state index in [0.29, 0.717) is 31.3 Å². The zero-order valence-corrected chi connectivity index (χ0v) is 15.7. The van der Waals surface area contributed by atoms with Crippen molar-refractivity contribution in [2.45, 2.75) is 25.1 Å². The van der Waals surface area contributed by atoms with E-state index in [9.17, 15) is 18.0 Å². The Hall–Kier alpha value is -2.74. The van der Waals surface area contributed by atoms with Gasteiger partial charge in [0.1, 0.15) is 13.2 Å². The van der Waals surface area contributed by atoms with E-state index in [-0.39, 0.29) is 18.3 Å². The molecule has 29 heavy (non-hydrogen) atoms. The van der Waals surface area contributed by atoms with E-state index in [1.807, 2.05) is 23.1 Å². The molecule has 2 aliphatic heterocycles. The first-order valence-corrected chi connectivity index (χ1v) is 9.51. The van der Waals surface area contributed by atoms with Crippen molar-refractivity contribution in [3.63, 3.8) is 0 Å². The normalized spacial score (nSPS) is 19.2. The van der Waals surface area contributed by atoms with Gasteiger partial charge in [0.15, 0.2) is 11.5 Å². The maximum absolute atomic E-state index is 13.1. The molecule has 1 N–H and O–H groups in total. The predicted octanol–water partition coefficient (Wildman–Crippen LogP) is 4.25. The summed E-state index contributed by atoms with van der Waals surface area (Å²) in [7, 11) is 0. The van der Waals surface area contributed by atoms with Gasteiger partial charge in [-0.3, -0.25) is 9.69 Å². The van der Waals surface area contributed by atoms with Crippen molar-refractivity contribution in [3.05, 3.63) is 53.6 Å². The number of carbonyl (C=O) groups excluding carboxylic acids is 1. The highest BCUT2D eigenvalue weighted by Gasteiger charge is 2.34. The molecule has 2 aromatic carbocycles. The lowest BCUT2D eigenvalue weighted by Crippen LogP contribution is -2.33. The van der Waals surface area contributed by atoms with Crippen molar-refractivity contribution in [2.24, 2.45) is 0 Å². The van der Waals surface area contributed by atoms with Gasteiger partial charge < -0.3 is 14.8 Å². The monoisotopic (exact) mass is 406 g/mol. The van der Waals surface area contributed by atoms with Crippen LogP contribution >= 0.6 is 0 Å². The van der Waals surface area contributed by atoms with Crippen LogP contribution in [0.4, 0.5) is 18.9 Å².